The van der Waals surface area contributed by atoms with E-state index in [2.05, 4.69) is 9.97 Å². The van der Waals surface area contributed by atoms with Crippen molar-refractivity contribution in [2.24, 2.45) is 0 Å². The fourth-order valence-electron chi connectivity index (χ4n) is 2.74. The smallest absolute Gasteiger partial charge is 0.343 e. The summed E-state index contributed by atoms with van der Waals surface area (Å²) in [5.41, 5.74) is 0.792. The number of rotatable bonds is 3. The lowest BCUT2D eigenvalue weighted by atomic mass is 10.0. The predicted octanol–water partition coefficient (Wildman–Crippen LogP) is 4.12. The quantitative estimate of drug-likeness (QED) is 0.518. The average molecular weight is 363 g/mol. The van der Waals surface area contributed by atoms with Gasteiger partial charge in [0.15, 0.2) is 5.76 Å². The van der Waals surface area contributed by atoms with Crippen molar-refractivity contribution < 1.29 is 22.7 Å². The molecule has 0 radical (unpaired) electrons. The Bertz CT molecular complexity index is 976. The van der Waals surface area contributed by atoms with Crippen LogP contribution in [0.5, 0.6) is 0 Å². The molecule has 4 rings (SSSR count). The Morgan fingerprint density at radius 1 is 1.20 bits per heavy atom. The third-order valence-corrected chi connectivity index (χ3v) is 4.01. The summed E-state index contributed by atoms with van der Waals surface area (Å²) in [5, 5.41) is -0.0898. The molecule has 126 valence electrons. The van der Waals surface area contributed by atoms with Crippen molar-refractivity contribution >= 4 is 17.6 Å². The molecule has 0 fully saturated rings. The van der Waals surface area contributed by atoms with Gasteiger partial charge in [0.1, 0.15) is 34.7 Å². The van der Waals surface area contributed by atoms with Crippen molar-refractivity contribution in [2.45, 2.75) is 12.5 Å². The van der Waals surface area contributed by atoms with E-state index in [-0.39, 0.29) is 34.2 Å². The highest BCUT2D eigenvalue weighted by molar-refractivity contribution is 6.28. The molecule has 0 amide bonds. The predicted molar refractivity (Wildman–Crippen MR) is 83.0 cm³/mol. The number of ether oxygens (including phenoxy) is 1. The van der Waals surface area contributed by atoms with E-state index in [1.807, 2.05) is 0 Å². The first-order chi connectivity index (χ1) is 12.0. The van der Waals surface area contributed by atoms with Crippen molar-refractivity contribution in [2.75, 3.05) is 0 Å². The zero-order chi connectivity index (χ0) is 17.6. The minimum atomic E-state index is -0.850. The number of carbonyl (C=O) groups is 1. The summed E-state index contributed by atoms with van der Waals surface area (Å²) in [6, 6.07) is 6.47. The average Bonchev–Trinajstić information content (AvgIpc) is 3.19. The van der Waals surface area contributed by atoms with Crippen LogP contribution < -0.4 is 0 Å². The number of hydrogen-bond donors (Lipinski definition) is 0. The molecule has 0 N–H and O–H groups in total. The van der Waals surface area contributed by atoms with Gasteiger partial charge in [-0.05, 0) is 35.4 Å². The standard InChI is InChI=1S/C17H9ClF2N2O3/c18-17-21-14(11-2-1-5-24-11)13-15(22-17)12(25-16(13)23)6-8-3-4-9(19)7-10(8)20/h1-5,7,12H,6H2. The maximum absolute atomic E-state index is 13.9. The Kier molecular flexibility index (Phi) is 3.73. The molecule has 8 heteroatoms. The van der Waals surface area contributed by atoms with E-state index in [1.54, 1.807) is 12.1 Å². The number of fused-ring (bicyclic) bond motifs is 1. The van der Waals surface area contributed by atoms with E-state index in [4.69, 9.17) is 20.8 Å². The van der Waals surface area contributed by atoms with Crippen molar-refractivity contribution in [1.82, 2.24) is 9.97 Å². The first kappa shape index (κ1) is 15.7. The molecular formula is C17H9ClF2N2O3. The molecule has 1 aliphatic rings. The minimum absolute atomic E-state index is 0.00418. The fourth-order valence-corrected chi connectivity index (χ4v) is 2.92. The third-order valence-electron chi connectivity index (χ3n) is 3.84. The Morgan fingerprint density at radius 3 is 2.76 bits per heavy atom. The number of nitrogens with zero attached hydrogens (tertiary/aromatic N) is 2. The van der Waals surface area contributed by atoms with Crippen LogP contribution in [-0.2, 0) is 11.2 Å². The summed E-state index contributed by atoms with van der Waals surface area (Å²) >= 11 is 5.96. The van der Waals surface area contributed by atoms with Crippen LogP contribution in [0.3, 0.4) is 0 Å². The van der Waals surface area contributed by atoms with Crippen LogP contribution in [0.15, 0.2) is 41.0 Å². The Hall–Kier alpha value is -2.80. The minimum Gasteiger partial charge on any atom is -0.463 e. The molecule has 5 nitrogen and oxygen atoms in total. The molecule has 1 aliphatic heterocycles. The second-order valence-electron chi connectivity index (χ2n) is 5.41. The van der Waals surface area contributed by atoms with Gasteiger partial charge in [-0.1, -0.05) is 6.07 Å². The van der Waals surface area contributed by atoms with Crippen molar-refractivity contribution in [3.8, 4) is 11.5 Å². The molecule has 1 atom stereocenters. The number of benzene rings is 1. The molecule has 0 aliphatic carbocycles. The molecule has 0 saturated carbocycles. The van der Waals surface area contributed by atoms with E-state index in [1.165, 1.54) is 12.3 Å². The van der Waals surface area contributed by atoms with E-state index in [0.717, 1.165) is 12.1 Å². The normalized spacial score (nSPS) is 16.0. The Labute approximate surface area is 145 Å². The lowest BCUT2D eigenvalue weighted by Gasteiger charge is -2.11. The molecule has 0 bridgehead atoms. The Morgan fingerprint density at radius 2 is 2.04 bits per heavy atom. The lowest BCUT2D eigenvalue weighted by molar-refractivity contribution is 0.0380. The van der Waals surface area contributed by atoms with Crippen molar-refractivity contribution in [1.29, 1.82) is 0 Å². The van der Waals surface area contributed by atoms with Gasteiger partial charge < -0.3 is 9.15 Å². The molecule has 25 heavy (non-hydrogen) atoms. The largest absolute Gasteiger partial charge is 0.463 e. The second kappa shape index (κ2) is 5.93. The van der Waals surface area contributed by atoms with Gasteiger partial charge in [-0.25, -0.2) is 23.5 Å². The molecular weight excluding hydrogens is 354 g/mol. The number of hydrogen-bond acceptors (Lipinski definition) is 5. The van der Waals surface area contributed by atoms with Crippen LogP contribution in [0.25, 0.3) is 11.5 Å². The van der Waals surface area contributed by atoms with Gasteiger partial charge in [0.25, 0.3) is 0 Å². The number of halogens is 3. The summed E-state index contributed by atoms with van der Waals surface area (Å²) in [6.45, 7) is 0. The number of esters is 1. The molecule has 1 unspecified atom stereocenters. The van der Waals surface area contributed by atoms with Crippen molar-refractivity contribution in [3.05, 3.63) is 70.3 Å². The fraction of sp³-hybridized carbons (Fsp3) is 0.118. The number of carbonyl (C=O) groups excluding carboxylic acids is 1. The molecule has 2 aromatic heterocycles. The van der Waals surface area contributed by atoms with Crippen LogP contribution in [0.4, 0.5) is 8.78 Å². The summed E-state index contributed by atoms with van der Waals surface area (Å²) in [5.74, 6) is -1.72. The van der Waals surface area contributed by atoms with Gasteiger partial charge in [0.05, 0.1) is 6.26 Å². The highest BCUT2D eigenvalue weighted by Gasteiger charge is 2.37. The van der Waals surface area contributed by atoms with E-state index >= 15 is 0 Å². The molecule has 0 saturated heterocycles. The first-order valence-corrected chi connectivity index (χ1v) is 7.67. The van der Waals surface area contributed by atoms with Crippen LogP contribution in [-0.4, -0.2) is 15.9 Å². The zero-order valence-corrected chi connectivity index (χ0v) is 13.3. The summed E-state index contributed by atoms with van der Waals surface area (Å²) in [6.07, 6.45) is 0.579. The third kappa shape index (κ3) is 2.76. The first-order valence-electron chi connectivity index (χ1n) is 7.29. The Balaban J connectivity index is 1.77. The summed E-state index contributed by atoms with van der Waals surface area (Å²) in [4.78, 5) is 20.4. The van der Waals surface area contributed by atoms with Gasteiger partial charge in [0.2, 0.25) is 5.28 Å². The van der Waals surface area contributed by atoms with Gasteiger partial charge in [-0.15, -0.1) is 0 Å². The van der Waals surface area contributed by atoms with Crippen molar-refractivity contribution in [3.63, 3.8) is 0 Å². The van der Waals surface area contributed by atoms with Gasteiger partial charge in [-0.3, -0.25) is 0 Å². The number of cyclic esters (lactones) is 1. The van der Waals surface area contributed by atoms with E-state index in [0.29, 0.717) is 5.76 Å². The number of aromatic nitrogens is 2. The summed E-state index contributed by atoms with van der Waals surface area (Å²) < 4.78 is 37.5. The van der Waals surface area contributed by atoms with Crippen LogP contribution in [0, 0.1) is 11.6 Å². The van der Waals surface area contributed by atoms with Gasteiger partial charge in [-0.2, -0.15) is 0 Å². The topological polar surface area (TPSA) is 65.2 Å². The number of furan rings is 1. The van der Waals surface area contributed by atoms with E-state index < -0.39 is 23.7 Å². The SMILES string of the molecule is O=C1OC(Cc2ccc(F)cc2F)c2nc(Cl)nc(-c3ccco3)c21. The molecule has 3 heterocycles. The molecule has 0 spiro atoms. The maximum Gasteiger partial charge on any atom is 0.343 e. The van der Waals surface area contributed by atoms with Crippen LogP contribution >= 0.6 is 11.6 Å². The molecule has 1 aromatic carbocycles. The maximum atomic E-state index is 13.9. The monoisotopic (exact) mass is 362 g/mol. The highest BCUT2D eigenvalue weighted by atomic mass is 35.5. The van der Waals surface area contributed by atoms with E-state index in [9.17, 15) is 13.6 Å². The van der Waals surface area contributed by atoms with Crippen LogP contribution in [0.2, 0.25) is 5.28 Å². The highest BCUT2D eigenvalue weighted by Crippen LogP contribution is 2.38. The molecule has 3 aromatic rings. The van der Waals surface area contributed by atoms with Gasteiger partial charge >= 0.3 is 5.97 Å². The van der Waals surface area contributed by atoms with Gasteiger partial charge in [0, 0.05) is 12.5 Å². The lowest BCUT2D eigenvalue weighted by Crippen LogP contribution is -2.06. The zero-order valence-electron chi connectivity index (χ0n) is 12.5. The van der Waals surface area contributed by atoms with Crippen LogP contribution in [0.1, 0.15) is 27.7 Å². The second-order valence-corrected chi connectivity index (χ2v) is 5.75. The summed E-state index contributed by atoms with van der Waals surface area (Å²) in [7, 11) is 0.